The second kappa shape index (κ2) is 12.0. The molecule has 0 atom stereocenters. The summed E-state index contributed by atoms with van der Waals surface area (Å²) in [5.74, 6) is -2.15. The molecule has 1 N–H and O–H groups in total. The van der Waals surface area contributed by atoms with Crippen LogP contribution >= 0.6 is 0 Å². The Morgan fingerprint density at radius 2 is 1.90 bits per heavy atom. The molecule has 1 fully saturated rings. The second-order valence-electron chi connectivity index (χ2n) is 9.89. The Morgan fingerprint density at radius 3 is 2.60 bits per heavy atom. The van der Waals surface area contributed by atoms with Crippen molar-refractivity contribution in [1.29, 1.82) is 5.26 Å². The van der Waals surface area contributed by atoms with E-state index >= 15 is 0 Å². The Kier molecular flexibility index (Phi) is 8.26. The standard InChI is InChI=1S/C29H25F4N5O4/c1-37-23-11-17(28(39)40)12-24(42-29(32)33)27(23)36-25(37)14-38-7-5-16(6-8-38)22-3-2-4-26(35-22)41-15-19-10-20(30)18(13-34)9-21(19)31/h2-4,9-12,16,29H,5-8,14-15H2,1H3,(H,39,40). The van der Waals surface area contributed by atoms with E-state index in [1.54, 1.807) is 29.8 Å². The first kappa shape index (κ1) is 28.8. The fourth-order valence-corrected chi connectivity index (χ4v) is 5.02. The van der Waals surface area contributed by atoms with Crippen molar-refractivity contribution in [2.75, 3.05) is 13.1 Å². The minimum atomic E-state index is -3.13. The lowest BCUT2D eigenvalue weighted by Crippen LogP contribution is -2.33. The zero-order valence-electron chi connectivity index (χ0n) is 22.4. The highest BCUT2D eigenvalue weighted by Gasteiger charge is 2.25. The molecule has 2 aromatic heterocycles. The molecule has 0 aliphatic carbocycles. The topological polar surface area (TPSA) is 114 Å². The van der Waals surface area contributed by atoms with E-state index < -0.39 is 24.2 Å². The van der Waals surface area contributed by atoms with Crippen molar-refractivity contribution in [3.05, 3.63) is 82.3 Å². The molecule has 0 radical (unpaired) electrons. The first-order chi connectivity index (χ1) is 20.1. The summed E-state index contributed by atoms with van der Waals surface area (Å²) >= 11 is 0. The molecule has 2 aromatic carbocycles. The Morgan fingerprint density at radius 1 is 1.14 bits per heavy atom. The number of aromatic nitrogens is 3. The van der Waals surface area contributed by atoms with Gasteiger partial charge in [-0.05, 0) is 56.3 Å². The molecule has 0 spiro atoms. The third-order valence-corrected chi connectivity index (χ3v) is 7.26. The average Bonchev–Trinajstić information content (AvgIpc) is 3.28. The number of rotatable bonds is 9. The van der Waals surface area contributed by atoms with Crippen LogP contribution in [0.2, 0.25) is 0 Å². The van der Waals surface area contributed by atoms with Crippen molar-refractivity contribution < 1.29 is 36.9 Å². The van der Waals surface area contributed by atoms with Gasteiger partial charge in [-0.2, -0.15) is 14.0 Å². The van der Waals surface area contributed by atoms with Crippen LogP contribution in [-0.4, -0.2) is 50.2 Å². The Bertz CT molecular complexity index is 1680. The number of aromatic carboxylic acids is 1. The number of hydrogen-bond donors (Lipinski definition) is 1. The SMILES string of the molecule is Cn1c(CN2CCC(c3cccc(OCc4cc(F)c(C#N)cc4F)n3)CC2)nc2c(OC(F)F)cc(C(=O)O)cc21. The van der Waals surface area contributed by atoms with Crippen LogP contribution in [0.25, 0.3) is 11.0 Å². The number of alkyl halides is 2. The average molecular weight is 584 g/mol. The number of fused-ring (bicyclic) bond motifs is 1. The quantitative estimate of drug-likeness (QED) is 0.262. The summed E-state index contributed by atoms with van der Waals surface area (Å²) in [5.41, 5.74) is 0.757. The Labute approximate surface area is 237 Å². The van der Waals surface area contributed by atoms with E-state index in [1.807, 2.05) is 6.07 Å². The van der Waals surface area contributed by atoms with E-state index in [0.29, 0.717) is 31.0 Å². The first-order valence-corrected chi connectivity index (χ1v) is 13.0. The molecule has 1 saturated heterocycles. The van der Waals surface area contributed by atoms with Gasteiger partial charge in [0.05, 0.1) is 23.2 Å². The van der Waals surface area contributed by atoms with Crippen LogP contribution in [0.3, 0.4) is 0 Å². The van der Waals surface area contributed by atoms with Gasteiger partial charge in [-0.3, -0.25) is 4.90 Å². The van der Waals surface area contributed by atoms with Gasteiger partial charge in [-0.25, -0.2) is 23.5 Å². The van der Waals surface area contributed by atoms with E-state index in [1.165, 1.54) is 6.07 Å². The monoisotopic (exact) mass is 583 g/mol. The molecule has 4 aromatic rings. The van der Waals surface area contributed by atoms with Crippen LogP contribution in [0.1, 0.15) is 51.8 Å². The maximum Gasteiger partial charge on any atom is 0.387 e. The highest BCUT2D eigenvalue weighted by Crippen LogP contribution is 2.32. The zero-order valence-corrected chi connectivity index (χ0v) is 22.4. The highest BCUT2D eigenvalue weighted by atomic mass is 19.3. The van der Waals surface area contributed by atoms with Crippen molar-refractivity contribution in [3.63, 3.8) is 0 Å². The molecule has 3 heterocycles. The summed E-state index contributed by atoms with van der Waals surface area (Å²) in [6.07, 6.45) is 1.53. The molecule has 0 saturated carbocycles. The molecule has 0 unspecified atom stereocenters. The summed E-state index contributed by atoms with van der Waals surface area (Å²) in [6.45, 7) is -1.58. The fraction of sp³-hybridized carbons (Fsp3) is 0.310. The number of aryl methyl sites for hydroxylation is 1. The number of carboxylic acid groups (broad SMARTS) is 1. The summed E-state index contributed by atoms with van der Waals surface area (Å²) < 4.78 is 65.9. The summed E-state index contributed by atoms with van der Waals surface area (Å²) in [5, 5.41) is 18.2. The maximum absolute atomic E-state index is 14.2. The van der Waals surface area contributed by atoms with Crippen molar-refractivity contribution in [2.45, 2.75) is 38.5 Å². The predicted molar refractivity (Wildman–Crippen MR) is 141 cm³/mol. The van der Waals surface area contributed by atoms with Crippen LogP contribution in [-0.2, 0) is 20.2 Å². The number of piperidine rings is 1. The molecular weight excluding hydrogens is 558 g/mol. The summed E-state index contributed by atoms with van der Waals surface area (Å²) in [7, 11) is 1.70. The molecule has 5 rings (SSSR count). The van der Waals surface area contributed by atoms with Crippen LogP contribution in [0, 0.1) is 23.0 Å². The molecule has 1 aliphatic rings. The Hall–Kier alpha value is -4.70. The van der Waals surface area contributed by atoms with Crippen molar-refractivity contribution in [3.8, 4) is 17.7 Å². The number of benzene rings is 2. The Balaban J connectivity index is 1.23. The van der Waals surface area contributed by atoms with Crippen molar-refractivity contribution in [2.24, 2.45) is 7.05 Å². The molecule has 9 nitrogen and oxygen atoms in total. The molecule has 42 heavy (non-hydrogen) atoms. The fourth-order valence-electron chi connectivity index (χ4n) is 5.02. The number of carboxylic acids is 1. The number of carbonyl (C=O) groups is 1. The van der Waals surface area contributed by atoms with Gasteiger partial charge in [-0.1, -0.05) is 6.07 Å². The van der Waals surface area contributed by atoms with Gasteiger partial charge < -0.3 is 19.1 Å². The van der Waals surface area contributed by atoms with Crippen LogP contribution in [0.15, 0.2) is 42.5 Å². The second-order valence-corrected chi connectivity index (χ2v) is 9.89. The lowest BCUT2D eigenvalue weighted by molar-refractivity contribution is -0.0489. The minimum Gasteiger partial charge on any atom is -0.478 e. The van der Waals surface area contributed by atoms with Gasteiger partial charge in [0.15, 0.2) is 5.75 Å². The van der Waals surface area contributed by atoms with E-state index in [0.717, 1.165) is 36.7 Å². The van der Waals surface area contributed by atoms with E-state index in [4.69, 9.17) is 10.00 Å². The number of nitriles is 1. The van der Waals surface area contributed by atoms with Gasteiger partial charge in [0.2, 0.25) is 5.88 Å². The van der Waals surface area contributed by atoms with Crippen LogP contribution in [0.5, 0.6) is 11.6 Å². The molecular formula is C29H25F4N5O4. The number of hydrogen-bond acceptors (Lipinski definition) is 7. The third kappa shape index (κ3) is 6.13. The van der Waals surface area contributed by atoms with Gasteiger partial charge in [0, 0.05) is 30.3 Å². The number of ether oxygens (including phenoxy) is 2. The van der Waals surface area contributed by atoms with E-state index in [-0.39, 0.29) is 46.4 Å². The smallest absolute Gasteiger partial charge is 0.387 e. The van der Waals surface area contributed by atoms with Crippen molar-refractivity contribution in [1.82, 2.24) is 19.4 Å². The van der Waals surface area contributed by atoms with Crippen molar-refractivity contribution >= 4 is 17.0 Å². The largest absolute Gasteiger partial charge is 0.478 e. The minimum absolute atomic E-state index is 0.0268. The number of likely N-dealkylation sites (tertiary alicyclic amines) is 1. The maximum atomic E-state index is 14.2. The predicted octanol–water partition coefficient (Wildman–Crippen LogP) is 5.38. The molecule has 218 valence electrons. The lowest BCUT2D eigenvalue weighted by atomic mass is 9.93. The van der Waals surface area contributed by atoms with Gasteiger partial charge in [0.25, 0.3) is 0 Å². The number of halogens is 4. The summed E-state index contributed by atoms with van der Waals surface area (Å²) in [4.78, 5) is 22.7. The van der Waals surface area contributed by atoms with Gasteiger partial charge in [0.1, 0.15) is 35.7 Å². The first-order valence-electron chi connectivity index (χ1n) is 13.0. The molecule has 13 heteroatoms. The molecule has 0 bridgehead atoms. The summed E-state index contributed by atoms with van der Waals surface area (Å²) in [6, 6.07) is 11.1. The van der Waals surface area contributed by atoms with Crippen LogP contribution in [0.4, 0.5) is 17.6 Å². The van der Waals surface area contributed by atoms with Crippen LogP contribution < -0.4 is 9.47 Å². The number of pyridine rings is 1. The van der Waals surface area contributed by atoms with E-state index in [2.05, 4.69) is 19.6 Å². The van der Waals surface area contributed by atoms with Gasteiger partial charge in [-0.15, -0.1) is 0 Å². The zero-order chi connectivity index (χ0) is 30.0. The lowest BCUT2D eigenvalue weighted by Gasteiger charge is -2.31. The van der Waals surface area contributed by atoms with E-state index in [9.17, 15) is 27.5 Å². The molecule has 1 aliphatic heterocycles. The van der Waals surface area contributed by atoms with Gasteiger partial charge >= 0.3 is 12.6 Å². The number of imidazole rings is 1. The molecule has 0 amide bonds. The number of nitrogens with zero attached hydrogens (tertiary/aromatic N) is 5. The third-order valence-electron chi connectivity index (χ3n) is 7.26. The normalized spacial score (nSPS) is 14.3. The highest BCUT2D eigenvalue weighted by molar-refractivity contribution is 5.95.